The summed E-state index contributed by atoms with van der Waals surface area (Å²) in [6.45, 7) is 7.53. The number of rotatable bonds is 11. The van der Waals surface area contributed by atoms with Crippen LogP contribution in [0.3, 0.4) is 0 Å². The van der Waals surface area contributed by atoms with Crippen molar-refractivity contribution in [2.24, 2.45) is 0 Å². The van der Waals surface area contributed by atoms with Crippen molar-refractivity contribution in [2.75, 3.05) is 40.4 Å². The van der Waals surface area contributed by atoms with Crippen molar-refractivity contribution >= 4 is 35.0 Å². The fourth-order valence-corrected chi connectivity index (χ4v) is 7.55. The van der Waals surface area contributed by atoms with Crippen LogP contribution >= 0.6 is 23.2 Å². The molecule has 0 unspecified atom stereocenters. The van der Waals surface area contributed by atoms with Crippen molar-refractivity contribution < 1.29 is 19.1 Å². The van der Waals surface area contributed by atoms with Crippen LogP contribution in [0.25, 0.3) is 33.8 Å². The van der Waals surface area contributed by atoms with Gasteiger partial charge >= 0.3 is 0 Å². The third-order valence-corrected chi connectivity index (χ3v) is 10.8. The number of ether oxygens (including phenoxy) is 2. The number of amides is 2. The van der Waals surface area contributed by atoms with Gasteiger partial charge in [0.25, 0.3) is 0 Å². The third-order valence-electron chi connectivity index (χ3n) is 10.0. The summed E-state index contributed by atoms with van der Waals surface area (Å²) in [5.74, 6) is 1.49. The Balaban J connectivity index is 1.18. The van der Waals surface area contributed by atoms with E-state index < -0.39 is 0 Å². The highest BCUT2D eigenvalue weighted by Crippen LogP contribution is 2.41. The zero-order valence-corrected chi connectivity index (χ0v) is 31.6. The Bertz CT molecular complexity index is 1770. The Labute approximate surface area is 315 Å². The maximum atomic E-state index is 11.7. The Morgan fingerprint density at radius 3 is 1.85 bits per heavy atom. The van der Waals surface area contributed by atoms with E-state index in [1.54, 1.807) is 46.5 Å². The standard InChI is InChI=1S/C39H45Cl2N7O4/c1-24(49)47-17-11-29(12-18-47)44-22-27-6-5-26(21-34(27)51-3)37-36(41)32(10-16-42-37)38-35(40)31(9-15-43-38)33-8-7-28(39(46-33)52-4)23-45-30-13-19-48(20-14-30)25(2)50/h5-10,15-16,21,29-30,44-45H,11-14,17-20,22-23H2,1-4H3. The molecule has 1 aromatic carbocycles. The van der Waals surface area contributed by atoms with E-state index in [2.05, 4.69) is 20.6 Å². The van der Waals surface area contributed by atoms with Gasteiger partial charge in [0, 0.05) is 105 Å². The summed E-state index contributed by atoms with van der Waals surface area (Å²) in [6, 6.07) is 14.2. The molecule has 11 nitrogen and oxygen atoms in total. The number of carbonyl (C=O) groups is 2. The molecule has 2 aliphatic heterocycles. The Kier molecular flexibility index (Phi) is 12.3. The van der Waals surface area contributed by atoms with Gasteiger partial charge in [-0.2, -0.15) is 0 Å². The van der Waals surface area contributed by atoms with Crippen molar-refractivity contribution in [3.05, 3.63) is 76.0 Å². The molecule has 52 heavy (non-hydrogen) atoms. The van der Waals surface area contributed by atoms with E-state index in [0.717, 1.165) is 74.3 Å². The normalized spacial score (nSPS) is 15.5. The molecule has 5 heterocycles. The molecule has 4 aromatic rings. The van der Waals surface area contributed by atoms with Crippen molar-refractivity contribution in [1.82, 2.24) is 35.4 Å². The number of benzene rings is 1. The summed E-state index contributed by atoms with van der Waals surface area (Å²) >= 11 is 14.1. The fourth-order valence-electron chi connectivity index (χ4n) is 6.93. The number of carbonyl (C=O) groups excluding carboxylic acids is 2. The van der Waals surface area contributed by atoms with Crippen LogP contribution < -0.4 is 20.1 Å². The Hall–Kier alpha value is -4.29. The topological polar surface area (TPSA) is 122 Å². The van der Waals surface area contributed by atoms with Crippen LogP contribution in [0.4, 0.5) is 0 Å². The van der Waals surface area contributed by atoms with Crippen LogP contribution in [0.2, 0.25) is 10.0 Å². The lowest BCUT2D eigenvalue weighted by atomic mass is 10.0. The molecular weight excluding hydrogens is 701 g/mol. The largest absolute Gasteiger partial charge is 0.496 e. The molecule has 274 valence electrons. The minimum atomic E-state index is 0.125. The summed E-state index contributed by atoms with van der Waals surface area (Å²) < 4.78 is 11.5. The lowest BCUT2D eigenvalue weighted by molar-refractivity contribution is -0.130. The molecule has 0 atom stereocenters. The first-order chi connectivity index (χ1) is 25.2. The lowest BCUT2D eigenvalue weighted by Crippen LogP contribution is -2.44. The number of nitrogens with zero attached hydrogens (tertiary/aromatic N) is 5. The molecule has 13 heteroatoms. The smallest absolute Gasteiger partial charge is 0.219 e. The van der Waals surface area contributed by atoms with Crippen LogP contribution in [0.1, 0.15) is 50.7 Å². The van der Waals surface area contributed by atoms with Gasteiger partial charge in [0.05, 0.1) is 41.3 Å². The predicted octanol–water partition coefficient (Wildman–Crippen LogP) is 6.40. The number of methoxy groups -OCH3 is 2. The van der Waals surface area contributed by atoms with Crippen LogP contribution in [-0.2, 0) is 22.7 Å². The SMILES string of the molecule is COc1cc(-c2nccc(-c3nccc(-c4ccc(CNC5CCN(C(C)=O)CC5)c(OC)n4)c3Cl)c2Cl)ccc1CNC1CCN(C(C)=O)CC1. The van der Waals surface area contributed by atoms with E-state index >= 15 is 0 Å². The average Bonchev–Trinajstić information content (AvgIpc) is 3.17. The number of piperidine rings is 2. The molecule has 0 radical (unpaired) electrons. The molecule has 2 aliphatic rings. The number of nitrogens with one attached hydrogen (secondary N) is 2. The van der Waals surface area contributed by atoms with Crippen molar-refractivity contribution in [1.29, 1.82) is 0 Å². The van der Waals surface area contributed by atoms with Crippen molar-refractivity contribution in [2.45, 2.75) is 64.7 Å². The highest BCUT2D eigenvalue weighted by Gasteiger charge is 2.23. The van der Waals surface area contributed by atoms with Gasteiger partial charge in [-0.1, -0.05) is 41.4 Å². The van der Waals surface area contributed by atoms with E-state index in [0.29, 0.717) is 69.3 Å². The quantitative estimate of drug-likeness (QED) is 0.180. The highest BCUT2D eigenvalue weighted by atomic mass is 35.5. The molecule has 0 saturated carbocycles. The fraction of sp³-hybridized carbons (Fsp3) is 0.410. The molecule has 2 amide bonds. The van der Waals surface area contributed by atoms with Gasteiger partial charge in [0.1, 0.15) is 5.75 Å². The van der Waals surface area contributed by atoms with E-state index in [-0.39, 0.29) is 11.8 Å². The summed E-state index contributed by atoms with van der Waals surface area (Å²) in [5, 5.41) is 8.05. The zero-order chi connectivity index (χ0) is 36.8. The van der Waals surface area contributed by atoms with E-state index in [9.17, 15) is 9.59 Å². The summed E-state index contributed by atoms with van der Waals surface area (Å²) in [7, 11) is 3.26. The van der Waals surface area contributed by atoms with Crippen LogP contribution in [-0.4, -0.2) is 89.0 Å². The molecular formula is C39H45Cl2N7O4. The maximum Gasteiger partial charge on any atom is 0.219 e. The summed E-state index contributed by atoms with van der Waals surface area (Å²) in [5.41, 5.74) is 5.83. The molecule has 2 saturated heterocycles. The minimum absolute atomic E-state index is 0.125. The average molecular weight is 747 g/mol. The molecule has 2 fully saturated rings. The number of halogens is 2. The third kappa shape index (κ3) is 8.50. The summed E-state index contributed by atoms with van der Waals surface area (Å²) in [6.07, 6.45) is 7.04. The van der Waals surface area contributed by atoms with Gasteiger partial charge in [-0.3, -0.25) is 19.6 Å². The second kappa shape index (κ2) is 17.0. The number of likely N-dealkylation sites (tertiary alicyclic amines) is 2. The number of pyridine rings is 3. The molecule has 0 aliphatic carbocycles. The van der Waals surface area contributed by atoms with Gasteiger partial charge in [-0.05, 0) is 49.9 Å². The van der Waals surface area contributed by atoms with Crippen molar-refractivity contribution in [3.8, 4) is 45.4 Å². The predicted molar refractivity (Wildman–Crippen MR) is 203 cm³/mol. The summed E-state index contributed by atoms with van der Waals surface area (Å²) in [4.78, 5) is 41.2. The van der Waals surface area contributed by atoms with E-state index in [4.69, 9.17) is 37.7 Å². The second-order valence-electron chi connectivity index (χ2n) is 13.3. The van der Waals surface area contributed by atoms with Crippen LogP contribution in [0.15, 0.2) is 54.9 Å². The van der Waals surface area contributed by atoms with Crippen LogP contribution in [0.5, 0.6) is 11.6 Å². The first kappa shape index (κ1) is 37.5. The van der Waals surface area contributed by atoms with Crippen molar-refractivity contribution in [3.63, 3.8) is 0 Å². The molecule has 0 bridgehead atoms. The lowest BCUT2D eigenvalue weighted by Gasteiger charge is -2.32. The zero-order valence-electron chi connectivity index (χ0n) is 30.0. The van der Waals surface area contributed by atoms with Gasteiger partial charge < -0.3 is 29.9 Å². The molecule has 6 rings (SSSR count). The molecule has 0 spiro atoms. The van der Waals surface area contributed by atoms with Crippen LogP contribution in [0, 0.1) is 0 Å². The Morgan fingerprint density at radius 2 is 1.27 bits per heavy atom. The van der Waals surface area contributed by atoms with E-state index in [1.165, 1.54) is 0 Å². The number of hydrogen-bond acceptors (Lipinski definition) is 9. The van der Waals surface area contributed by atoms with Gasteiger partial charge in [-0.15, -0.1) is 0 Å². The van der Waals surface area contributed by atoms with Gasteiger partial charge in [-0.25, -0.2) is 4.98 Å². The first-order valence-electron chi connectivity index (χ1n) is 17.7. The molecule has 2 N–H and O–H groups in total. The number of hydrogen-bond donors (Lipinski definition) is 2. The monoisotopic (exact) mass is 745 g/mol. The Morgan fingerprint density at radius 1 is 0.731 bits per heavy atom. The maximum absolute atomic E-state index is 11.7. The highest BCUT2D eigenvalue weighted by molar-refractivity contribution is 6.38. The first-order valence-corrected chi connectivity index (χ1v) is 18.4. The van der Waals surface area contributed by atoms with E-state index in [1.807, 2.05) is 46.2 Å². The second-order valence-corrected chi connectivity index (χ2v) is 14.0. The number of aromatic nitrogens is 3. The van der Waals surface area contributed by atoms with Gasteiger partial charge in [0.2, 0.25) is 17.7 Å². The minimum Gasteiger partial charge on any atom is -0.496 e. The molecule has 3 aromatic heterocycles. The van der Waals surface area contributed by atoms with Gasteiger partial charge in [0.15, 0.2) is 0 Å².